The number of hydrogen-bond acceptors (Lipinski definition) is 4. The fraction of sp³-hybridized carbons (Fsp3) is 0.800. The number of nitriles is 1. The van der Waals surface area contributed by atoms with Gasteiger partial charge in [0.2, 0.25) is 0 Å². The second kappa shape index (κ2) is 3.17. The van der Waals surface area contributed by atoms with E-state index < -0.39 is 21.5 Å². The van der Waals surface area contributed by atoms with Gasteiger partial charge in [-0.1, -0.05) is 6.92 Å². The Bertz CT molecular complexity index is 265. The molecule has 0 spiro atoms. The molecule has 11 heavy (non-hydrogen) atoms. The Morgan fingerprint density at radius 3 is 2.18 bits per heavy atom. The monoisotopic (exact) mass is 179 g/mol. The zero-order chi connectivity index (χ0) is 9.12. The Morgan fingerprint density at radius 1 is 1.64 bits per heavy atom. The number of hydrogen-bond donors (Lipinski definition) is 2. The highest BCUT2D eigenvalue weighted by molar-refractivity contribution is 7.85. The molecule has 5 nitrogen and oxygen atoms in total. The summed E-state index contributed by atoms with van der Waals surface area (Å²) in [4.78, 5) is 0. The molecule has 0 aliphatic heterocycles. The van der Waals surface area contributed by atoms with Crippen molar-refractivity contribution in [1.82, 2.24) is 0 Å². The lowest BCUT2D eigenvalue weighted by Gasteiger charge is -2.14. The number of aliphatic hydroxyl groups is 1. The van der Waals surface area contributed by atoms with Crippen molar-refractivity contribution in [3.05, 3.63) is 0 Å². The molecular formula is C5H9NO4S. The van der Waals surface area contributed by atoms with Gasteiger partial charge in [-0.3, -0.25) is 4.55 Å². The molecule has 0 saturated heterocycles. The molecule has 0 aromatic rings. The highest BCUT2D eigenvalue weighted by atomic mass is 32.2. The van der Waals surface area contributed by atoms with Crippen LogP contribution in [-0.2, 0) is 10.1 Å². The lowest BCUT2D eigenvalue weighted by atomic mass is 10.1. The molecule has 0 saturated carbocycles. The van der Waals surface area contributed by atoms with E-state index in [0.29, 0.717) is 0 Å². The summed E-state index contributed by atoms with van der Waals surface area (Å²) in [6.45, 7) is 1.45. The lowest BCUT2D eigenvalue weighted by molar-refractivity contribution is 0.117. The van der Waals surface area contributed by atoms with Gasteiger partial charge in [-0.2, -0.15) is 13.7 Å². The van der Waals surface area contributed by atoms with E-state index in [1.807, 2.05) is 0 Å². The molecule has 1 atom stereocenters. The molecule has 0 rings (SSSR count). The Morgan fingerprint density at radius 2 is 2.09 bits per heavy atom. The molecule has 0 heterocycles. The van der Waals surface area contributed by atoms with E-state index in [4.69, 9.17) is 14.9 Å². The van der Waals surface area contributed by atoms with Crippen molar-refractivity contribution in [3.8, 4) is 6.07 Å². The van der Waals surface area contributed by atoms with Crippen LogP contribution in [0.3, 0.4) is 0 Å². The van der Waals surface area contributed by atoms with Crippen LogP contribution in [0.25, 0.3) is 0 Å². The first-order chi connectivity index (χ1) is 4.83. The third-order valence-corrected chi connectivity index (χ3v) is 2.06. The van der Waals surface area contributed by atoms with Gasteiger partial charge in [0.25, 0.3) is 10.1 Å². The standard InChI is InChI=1S/C5H9NO4S/c1-2-5(7,3-6)4-11(8,9)10/h7H,2,4H2,1H3,(H,8,9,10). The highest BCUT2D eigenvalue weighted by Gasteiger charge is 2.30. The first-order valence-corrected chi connectivity index (χ1v) is 4.53. The Balaban J connectivity index is 4.49. The SMILES string of the molecule is CCC(O)(C#N)CS(=O)(=O)O. The van der Waals surface area contributed by atoms with Crippen molar-refractivity contribution in [2.45, 2.75) is 18.9 Å². The summed E-state index contributed by atoms with van der Waals surface area (Å²) >= 11 is 0. The van der Waals surface area contributed by atoms with Crippen molar-refractivity contribution in [2.24, 2.45) is 0 Å². The molecule has 0 amide bonds. The van der Waals surface area contributed by atoms with Crippen molar-refractivity contribution in [1.29, 1.82) is 5.26 Å². The molecule has 0 bridgehead atoms. The van der Waals surface area contributed by atoms with Gasteiger partial charge in [0.1, 0.15) is 5.75 Å². The molecule has 2 N–H and O–H groups in total. The van der Waals surface area contributed by atoms with Crippen LogP contribution in [0, 0.1) is 11.3 Å². The minimum absolute atomic E-state index is 0.0384. The van der Waals surface area contributed by atoms with Crippen molar-refractivity contribution < 1.29 is 18.1 Å². The van der Waals surface area contributed by atoms with Gasteiger partial charge < -0.3 is 5.11 Å². The number of rotatable bonds is 3. The minimum Gasteiger partial charge on any atom is -0.374 e. The second-order valence-corrected chi connectivity index (χ2v) is 3.68. The van der Waals surface area contributed by atoms with Crippen molar-refractivity contribution in [3.63, 3.8) is 0 Å². The molecule has 64 valence electrons. The van der Waals surface area contributed by atoms with Crippen LogP contribution in [0.15, 0.2) is 0 Å². The highest BCUT2D eigenvalue weighted by Crippen LogP contribution is 2.10. The average molecular weight is 179 g/mol. The quantitative estimate of drug-likeness (QED) is 0.451. The van der Waals surface area contributed by atoms with Crippen LogP contribution in [0.4, 0.5) is 0 Å². The third kappa shape index (κ3) is 3.93. The van der Waals surface area contributed by atoms with E-state index in [1.165, 1.54) is 13.0 Å². The summed E-state index contributed by atoms with van der Waals surface area (Å²) in [7, 11) is -4.28. The van der Waals surface area contributed by atoms with Gasteiger partial charge in [-0.05, 0) is 6.42 Å². The average Bonchev–Trinajstić information content (AvgIpc) is 1.84. The minimum atomic E-state index is -4.28. The van der Waals surface area contributed by atoms with Crippen LogP contribution in [0.2, 0.25) is 0 Å². The van der Waals surface area contributed by atoms with Crippen LogP contribution < -0.4 is 0 Å². The smallest absolute Gasteiger partial charge is 0.268 e. The Labute approximate surface area is 65.0 Å². The second-order valence-electron chi connectivity index (χ2n) is 2.22. The molecule has 0 aromatic heterocycles. The van der Waals surface area contributed by atoms with E-state index in [2.05, 4.69) is 0 Å². The third-order valence-electron chi connectivity index (χ3n) is 1.21. The predicted molar refractivity (Wildman–Crippen MR) is 37.3 cm³/mol. The lowest BCUT2D eigenvalue weighted by Crippen LogP contribution is -2.34. The van der Waals surface area contributed by atoms with Crippen LogP contribution >= 0.6 is 0 Å². The summed E-state index contributed by atoms with van der Waals surface area (Å²) < 4.78 is 28.7. The maximum absolute atomic E-state index is 10.2. The zero-order valence-electron chi connectivity index (χ0n) is 5.98. The van der Waals surface area contributed by atoms with Crippen LogP contribution in [0.1, 0.15) is 13.3 Å². The summed E-state index contributed by atoms with van der Waals surface area (Å²) in [6, 6.07) is 1.40. The molecule has 1 unspecified atom stereocenters. The normalized spacial score (nSPS) is 16.9. The van der Waals surface area contributed by atoms with E-state index >= 15 is 0 Å². The van der Waals surface area contributed by atoms with Gasteiger partial charge in [-0.25, -0.2) is 0 Å². The Hall–Kier alpha value is -0.640. The first-order valence-electron chi connectivity index (χ1n) is 2.92. The van der Waals surface area contributed by atoms with Gasteiger partial charge in [0.15, 0.2) is 5.60 Å². The van der Waals surface area contributed by atoms with Crippen molar-refractivity contribution in [2.75, 3.05) is 5.75 Å². The topological polar surface area (TPSA) is 98.4 Å². The number of nitrogens with zero attached hydrogens (tertiary/aromatic N) is 1. The van der Waals surface area contributed by atoms with Crippen LogP contribution in [0.5, 0.6) is 0 Å². The zero-order valence-corrected chi connectivity index (χ0v) is 6.80. The van der Waals surface area contributed by atoms with E-state index in [-0.39, 0.29) is 6.42 Å². The van der Waals surface area contributed by atoms with Gasteiger partial charge in [-0.15, -0.1) is 0 Å². The molecule has 0 aromatic carbocycles. The fourth-order valence-corrected chi connectivity index (χ4v) is 1.39. The van der Waals surface area contributed by atoms with E-state index in [1.54, 1.807) is 0 Å². The maximum atomic E-state index is 10.2. The summed E-state index contributed by atoms with van der Waals surface area (Å²) in [5.41, 5.74) is -1.96. The van der Waals surface area contributed by atoms with Gasteiger partial charge in [0, 0.05) is 0 Å². The predicted octanol–water partition coefficient (Wildman–Crippen LogP) is -0.461. The molecule has 0 aliphatic rings. The summed E-state index contributed by atoms with van der Waals surface area (Å²) in [5.74, 6) is -0.938. The summed E-state index contributed by atoms with van der Waals surface area (Å²) in [6.07, 6.45) is -0.0384. The fourth-order valence-electron chi connectivity index (χ4n) is 0.515. The van der Waals surface area contributed by atoms with Crippen LogP contribution in [-0.4, -0.2) is 29.4 Å². The van der Waals surface area contributed by atoms with Gasteiger partial charge >= 0.3 is 0 Å². The van der Waals surface area contributed by atoms with E-state index in [9.17, 15) is 8.42 Å². The molecule has 0 radical (unpaired) electrons. The molecule has 6 heteroatoms. The first kappa shape index (κ1) is 10.4. The van der Waals surface area contributed by atoms with E-state index in [0.717, 1.165) is 0 Å². The molecule has 0 aliphatic carbocycles. The Kier molecular flexibility index (Phi) is 2.99. The van der Waals surface area contributed by atoms with Gasteiger partial charge in [0.05, 0.1) is 6.07 Å². The summed E-state index contributed by atoms with van der Waals surface area (Å²) in [5, 5.41) is 17.3. The molecule has 0 fully saturated rings. The van der Waals surface area contributed by atoms with Crippen molar-refractivity contribution >= 4 is 10.1 Å². The maximum Gasteiger partial charge on any atom is 0.268 e. The largest absolute Gasteiger partial charge is 0.374 e. The molecular weight excluding hydrogens is 170 g/mol.